The summed E-state index contributed by atoms with van der Waals surface area (Å²) in [5.41, 5.74) is 3.60. The van der Waals surface area contributed by atoms with Gasteiger partial charge in [0.2, 0.25) is 0 Å². The number of rotatable bonds is 4. The SMILES string of the molecule is Cc1cc(C=Cc2cc3ccccc3cc2C(=O)Oc2ccc(F)cc2)cc(C)c1O. The summed E-state index contributed by atoms with van der Waals surface area (Å²) in [5.74, 6) is -0.352. The Labute approximate surface area is 180 Å². The van der Waals surface area contributed by atoms with Gasteiger partial charge in [0, 0.05) is 0 Å². The van der Waals surface area contributed by atoms with Gasteiger partial charge in [-0.1, -0.05) is 36.4 Å². The van der Waals surface area contributed by atoms with Gasteiger partial charge in [-0.25, -0.2) is 9.18 Å². The van der Waals surface area contributed by atoms with Crippen LogP contribution in [0.15, 0.2) is 72.8 Å². The number of carbonyl (C=O) groups is 1. The molecule has 31 heavy (non-hydrogen) atoms. The maximum atomic E-state index is 13.2. The van der Waals surface area contributed by atoms with E-state index in [0.29, 0.717) is 11.1 Å². The molecule has 0 amide bonds. The summed E-state index contributed by atoms with van der Waals surface area (Å²) in [6.07, 6.45) is 3.76. The normalized spacial score (nSPS) is 11.2. The summed E-state index contributed by atoms with van der Waals surface area (Å²) in [5, 5.41) is 11.9. The van der Waals surface area contributed by atoms with Crippen molar-refractivity contribution in [2.75, 3.05) is 0 Å². The van der Waals surface area contributed by atoms with Gasteiger partial charge in [-0.2, -0.15) is 0 Å². The largest absolute Gasteiger partial charge is 0.507 e. The van der Waals surface area contributed by atoms with Gasteiger partial charge >= 0.3 is 5.97 Å². The zero-order valence-corrected chi connectivity index (χ0v) is 17.2. The molecule has 0 heterocycles. The predicted octanol–water partition coefficient (Wildman–Crippen LogP) is 6.69. The fraction of sp³-hybridized carbons (Fsp3) is 0.0741. The molecule has 0 spiro atoms. The van der Waals surface area contributed by atoms with Crippen molar-refractivity contribution in [3.63, 3.8) is 0 Å². The number of fused-ring (bicyclic) bond motifs is 1. The molecule has 0 bridgehead atoms. The molecule has 0 saturated heterocycles. The zero-order chi connectivity index (χ0) is 22.0. The zero-order valence-electron chi connectivity index (χ0n) is 17.2. The van der Waals surface area contributed by atoms with E-state index in [1.54, 1.807) is 6.07 Å². The average molecular weight is 412 g/mol. The maximum Gasteiger partial charge on any atom is 0.344 e. The van der Waals surface area contributed by atoms with E-state index < -0.39 is 11.8 Å². The quantitative estimate of drug-likeness (QED) is 0.231. The fourth-order valence-electron chi connectivity index (χ4n) is 3.51. The van der Waals surface area contributed by atoms with Crippen LogP contribution in [0, 0.1) is 19.7 Å². The third-order valence-corrected chi connectivity index (χ3v) is 5.13. The molecule has 0 aliphatic carbocycles. The second-order valence-corrected chi connectivity index (χ2v) is 7.47. The average Bonchev–Trinajstić information content (AvgIpc) is 2.76. The van der Waals surface area contributed by atoms with Crippen molar-refractivity contribution < 1.29 is 19.0 Å². The van der Waals surface area contributed by atoms with Crippen LogP contribution < -0.4 is 4.74 Å². The molecule has 4 rings (SSSR count). The minimum atomic E-state index is -0.518. The van der Waals surface area contributed by atoms with Crippen LogP contribution in [0.4, 0.5) is 4.39 Å². The van der Waals surface area contributed by atoms with Crippen LogP contribution in [0.1, 0.15) is 32.6 Å². The Bertz CT molecular complexity index is 1280. The van der Waals surface area contributed by atoms with Crippen molar-refractivity contribution in [1.29, 1.82) is 0 Å². The lowest BCUT2D eigenvalue weighted by atomic mass is 9.99. The van der Waals surface area contributed by atoms with E-state index in [1.807, 2.05) is 68.5 Å². The molecule has 0 aromatic heterocycles. The highest BCUT2D eigenvalue weighted by Gasteiger charge is 2.14. The minimum Gasteiger partial charge on any atom is -0.507 e. The lowest BCUT2D eigenvalue weighted by Gasteiger charge is -2.10. The van der Waals surface area contributed by atoms with E-state index in [4.69, 9.17) is 4.74 Å². The van der Waals surface area contributed by atoms with Gasteiger partial charge in [0.05, 0.1) is 5.56 Å². The first-order valence-corrected chi connectivity index (χ1v) is 9.89. The number of hydrogen-bond donors (Lipinski definition) is 1. The van der Waals surface area contributed by atoms with Crippen LogP contribution in [-0.4, -0.2) is 11.1 Å². The van der Waals surface area contributed by atoms with Crippen LogP contribution in [0.2, 0.25) is 0 Å². The summed E-state index contributed by atoms with van der Waals surface area (Å²) in [7, 11) is 0. The Morgan fingerprint density at radius 1 is 0.871 bits per heavy atom. The molecule has 0 aliphatic rings. The van der Waals surface area contributed by atoms with Crippen molar-refractivity contribution in [3.05, 3.63) is 106 Å². The number of aryl methyl sites for hydroxylation is 2. The van der Waals surface area contributed by atoms with Crippen LogP contribution in [0.3, 0.4) is 0 Å². The van der Waals surface area contributed by atoms with Crippen LogP contribution in [0.5, 0.6) is 11.5 Å². The highest BCUT2D eigenvalue weighted by molar-refractivity contribution is 6.01. The molecule has 4 aromatic carbocycles. The first-order valence-electron chi connectivity index (χ1n) is 9.89. The van der Waals surface area contributed by atoms with Crippen LogP contribution in [0.25, 0.3) is 22.9 Å². The smallest absolute Gasteiger partial charge is 0.344 e. The Balaban J connectivity index is 1.74. The molecule has 154 valence electrons. The molecule has 0 fully saturated rings. The number of aromatic hydroxyl groups is 1. The molecule has 0 atom stereocenters. The molecule has 3 nitrogen and oxygen atoms in total. The van der Waals surface area contributed by atoms with Crippen molar-refractivity contribution in [3.8, 4) is 11.5 Å². The lowest BCUT2D eigenvalue weighted by Crippen LogP contribution is -2.10. The highest BCUT2D eigenvalue weighted by atomic mass is 19.1. The number of ether oxygens (including phenoxy) is 1. The van der Waals surface area contributed by atoms with Gasteiger partial charge in [0.15, 0.2) is 0 Å². The minimum absolute atomic E-state index is 0.277. The number of halogens is 1. The van der Waals surface area contributed by atoms with Crippen molar-refractivity contribution in [1.82, 2.24) is 0 Å². The maximum absolute atomic E-state index is 13.2. The molecule has 4 heteroatoms. The van der Waals surface area contributed by atoms with Gasteiger partial charge in [-0.05, 0) is 95.4 Å². The van der Waals surface area contributed by atoms with Crippen LogP contribution in [-0.2, 0) is 0 Å². The van der Waals surface area contributed by atoms with E-state index in [1.165, 1.54) is 24.3 Å². The third kappa shape index (κ3) is 4.48. The summed E-state index contributed by atoms with van der Waals surface area (Å²) < 4.78 is 18.6. The van der Waals surface area contributed by atoms with E-state index >= 15 is 0 Å². The molecule has 0 saturated carbocycles. The van der Waals surface area contributed by atoms with E-state index in [2.05, 4.69) is 0 Å². The third-order valence-electron chi connectivity index (χ3n) is 5.13. The molecule has 0 unspecified atom stereocenters. The van der Waals surface area contributed by atoms with E-state index in [-0.39, 0.29) is 11.5 Å². The Morgan fingerprint density at radius 2 is 1.48 bits per heavy atom. The topological polar surface area (TPSA) is 46.5 Å². The van der Waals surface area contributed by atoms with Gasteiger partial charge < -0.3 is 9.84 Å². The standard InChI is InChI=1S/C27H21FO3/c1-17-13-19(14-18(2)26(17)29)7-8-22-15-20-5-3-4-6-21(20)16-25(22)27(30)31-24-11-9-23(28)10-12-24/h3-16,29H,1-2H3. The summed E-state index contributed by atoms with van der Waals surface area (Å²) in [6, 6.07) is 20.6. The Hall–Kier alpha value is -3.92. The number of phenols is 1. The monoisotopic (exact) mass is 412 g/mol. The van der Waals surface area contributed by atoms with Crippen molar-refractivity contribution >= 4 is 28.9 Å². The van der Waals surface area contributed by atoms with Gasteiger partial charge in [-0.3, -0.25) is 0 Å². The molecular formula is C27H21FO3. The Morgan fingerprint density at radius 3 is 2.13 bits per heavy atom. The molecule has 4 aromatic rings. The number of benzene rings is 4. The second kappa shape index (κ2) is 8.44. The number of hydrogen-bond acceptors (Lipinski definition) is 3. The summed E-state index contributed by atoms with van der Waals surface area (Å²) >= 11 is 0. The first kappa shape index (κ1) is 20.4. The summed E-state index contributed by atoms with van der Waals surface area (Å²) in [6.45, 7) is 3.70. The number of phenolic OH excluding ortho intramolecular Hbond substituents is 1. The molecule has 0 radical (unpaired) electrons. The lowest BCUT2D eigenvalue weighted by molar-refractivity contribution is 0.0734. The number of esters is 1. The second-order valence-electron chi connectivity index (χ2n) is 7.47. The Kier molecular flexibility index (Phi) is 5.54. The fourth-order valence-corrected chi connectivity index (χ4v) is 3.51. The van der Waals surface area contributed by atoms with Gasteiger partial charge in [-0.15, -0.1) is 0 Å². The van der Waals surface area contributed by atoms with Crippen LogP contribution >= 0.6 is 0 Å². The van der Waals surface area contributed by atoms with E-state index in [0.717, 1.165) is 27.5 Å². The van der Waals surface area contributed by atoms with Gasteiger partial charge in [0.1, 0.15) is 17.3 Å². The number of carbonyl (C=O) groups excluding carboxylic acids is 1. The molecule has 0 aliphatic heterocycles. The van der Waals surface area contributed by atoms with Crippen molar-refractivity contribution in [2.45, 2.75) is 13.8 Å². The predicted molar refractivity (Wildman–Crippen MR) is 122 cm³/mol. The summed E-state index contributed by atoms with van der Waals surface area (Å²) in [4.78, 5) is 12.9. The van der Waals surface area contributed by atoms with Crippen molar-refractivity contribution in [2.24, 2.45) is 0 Å². The van der Waals surface area contributed by atoms with E-state index in [9.17, 15) is 14.3 Å². The highest BCUT2D eigenvalue weighted by Crippen LogP contribution is 2.26. The molecule has 1 N–H and O–H groups in total. The van der Waals surface area contributed by atoms with Gasteiger partial charge in [0.25, 0.3) is 0 Å². The molecular weight excluding hydrogens is 391 g/mol. The first-order chi connectivity index (χ1) is 14.9.